The summed E-state index contributed by atoms with van der Waals surface area (Å²) in [7, 11) is 0. The third-order valence-electron chi connectivity index (χ3n) is 4.09. The fraction of sp³-hybridized carbons (Fsp3) is 0.412. The van der Waals surface area contributed by atoms with E-state index in [1.165, 1.54) is 0 Å². The Morgan fingerprint density at radius 3 is 2.38 bits per heavy atom. The SMILES string of the molecule is [CH3][Sn]([CH3])([CH3])[c]1cc(N2CC(Oc3cc(F)cc(C(F)(F)F)c3)C2)ncn1. The first-order valence-electron chi connectivity index (χ1n) is 8.14. The molecule has 0 saturated carbocycles. The molecule has 0 bridgehead atoms. The molecule has 1 aromatic carbocycles. The summed E-state index contributed by atoms with van der Waals surface area (Å²) < 4.78 is 58.3. The molecule has 0 radical (unpaired) electrons. The van der Waals surface area contributed by atoms with Gasteiger partial charge >= 0.3 is 153 Å². The summed E-state index contributed by atoms with van der Waals surface area (Å²) in [6, 6.07) is 4.23. The molecule has 0 N–H and O–H groups in total. The van der Waals surface area contributed by atoms with Crippen molar-refractivity contribution in [3.8, 4) is 5.75 Å². The zero-order valence-corrected chi connectivity index (χ0v) is 17.5. The first kappa shape index (κ1) is 19.2. The van der Waals surface area contributed by atoms with Crippen LogP contribution in [0.4, 0.5) is 23.4 Å². The Morgan fingerprint density at radius 2 is 1.77 bits per heavy atom. The number of halogens is 4. The molecule has 1 aromatic heterocycles. The molecule has 0 aliphatic carbocycles. The molecule has 1 aliphatic heterocycles. The molecule has 1 aliphatic rings. The average Bonchev–Trinajstić information content (AvgIpc) is 2.48. The van der Waals surface area contributed by atoms with Gasteiger partial charge in [0, 0.05) is 0 Å². The first-order chi connectivity index (χ1) is 12.0. The third-order valence-corrected chi connectivity index (χ3v) is 9.26. The number of benzene rings is 1. The van der Waals surface area contributed by atoms with Gasteiger partial charge in [-0.15, -0.1) is 0 Å². The van der Waals surface area contributed by atoms with Crippen LogP contribution in [-0.2, 0) is 6.18 Å². The predicted molar refractivity (Wildman–Crippen MR) is 93.0 cm³/mol. The molecule has 140 valence electrons. The number of anilines is 1. The average molecular weight is 476 g/mol. The Kier molecular flexibility index (Phi) is 5.06. The molecule has 3 rings (SSSR count). The van der Waals surface area contributed by atoms with Crippen molar-refractivity contribution in [1.29, 1.82) is 0 Å². The van der Waals surface area contributed by atoms with Crippen LogP contribution >= 0.6 is 0 Å². The van der Waals surface area contributed by atoms with E-state index in [2.05, 4.69) is 24.8 Å². The van der Waals surface area contributed by atoms with Crippen molar-refractivity contribution in [2.45, 2.75) is 27.1 Å². The van der Waals surface area contributed by atoms with Crippen LogP contribution in [0.2, 0.25) is 14.8 Å². The predicted octanol–water partition coefficient (Wildman–Crippen LogP) is 3.45. The Labute approximate surface area is 153 Å². The normalized spacial score (nSPS) is 15.7. The van der Waals surface area contributed by atoms with Gasteiger partial charge < -0.3 is 0 Å². The standard InChI is InChI=1S/C14H10F4N3O.3CH3.Sn/c15-10-3-9(14(16,17)18)4-11(5-10)22-12-6-21(7-12)13-1-2-19-8-20-13;;;;/h1,3-5,8,12H,6-7H2;3*1H3;. The second-order valence-corrected chi connectivity index (χ2v) is 21.6. The number of alkyl halides is 3. The van der Waals surface area contributed by atoms with E-state index in [9.17, 15) is 17.6 Å². The van der Waals surface area contributed by atoms with Crippen LogP contribution in [0.5, 0.6) is 5.75 Å². The molecule has 0 spiro atoms. The Bertz CT molecular complexity index is 801. The quantitative estimate of drug-likeness (QED) is 0.501. The molecule has 0 amide bonds. The third kappa shape index (κ3) is 4.39. The van der Waals surface area contributed by atoms with Crippen molar-refractivity contribution < 1.29 is 22.3 Å². The number of nitrogens with zero attached hydrogens (tertiary/aromatic N) is 3. The minimum absolute atomic E-state index is 0.115. The fourth-order valence-electron chi connectivity index (χ4n) is 2.62. The van der Waals surface area contributed by atoms with E-state index in [4.69, 9.17) is 4.74 Å². The van der Waals surface area contributed by atoms with Crippen molar-refractivity contribution in [1.82, 2.24) is 9.97 Å². The van der Waals surface area contributed by atoms with Crippen LogP contribution in [-0.4, -0.2) is 47.5 Å². The van der Waals surface area contributed by atoms with Gasteiger partial charge in [-0.1, -0.05) is 0 Å². The number of aromatic nitrogens is 2. The van der Waals surface area contributed by atoms with Gasteiger partial charge in [-0.2, -0.15) is 0 Å². The van der Waals surface area contributed by atoms with Crippen molar-refractivity contribution >= 4 is 27.9 Å². The second kappa shape index (κ2) is 6.86. The maximum absolute atomic E-state index is 13.4. The molecular formula is C17H19F4N3OSn. The van der Waals surface area contributed by atoms with Crippen LogP contribution in [0.3, 0.4) is 0 Å². The van der Waals surface area contributed by atoms with Crippen molar-refractivity contribution in [2.75, 3.05) is 18.0 Å². The molecule has 4 nitrogen and oxygen atoms in total. The van der Waals surface area contributed by atoms with E-state index in [0.29, 0.717) is 19.2 Å². The van der Waals surface area contributed by atoms with Crippen molar-refractivity contribution in [2.24, 2.45) is 0 Å². The van der Waals surface area contributed by atoms with Gasteiger partial charge in [0.05, 0.1) is 0 Å². The number of ether oxygens (including phenoxy) is 1. The van der Waals surface area contributed by atoms with Gasteiger partial charge in [0.25, 0.3) is 0 Å². The molecule has 1 fully saturated rings. The van der Waals surface area contributed by atoms with Crippen molar-refractivity contribution in [3.63, 3.8) is 0 Å². The van der Waals surface area contributed by atoms with Crippen LogP contribution in [0.25, 0.3) is 0 Å². The molecule has 0 unspecified atom stereocenters. The van der Waals surface area contributed by atoms with E-state index in [0.717, 1.165) is 21.7 Å². The fourth-order valence-corrected chi connectivity index (χ4v) is 5.49. The number of rotatable bonds is 4. The molecule has 1 saturated heterocycles. The maximum atomic E-state index is 13.4. The summed E-state index contributed by atoms with van der Waals surface area (Å²) >= 11 is -2.31. The first-order valence-corrected chi connectivity index (χ1v) is 18.1. The summed E-state index contributed by atoms with van der Waals surface area (Å²) in [4.78, 5) is 17.4. The molecule has 2 heterocycles. The van der Waals surface area contributed by atoms with E-state index < -0.39 is 35.9 Å². The van der Waals surface area contributed by atoms with Crippen LogP contribution in [0.15, 0.2) is 30.6 Å². The van der Waals surface area contributed by atoms with Gasteiger partial charge in [-0.05, 0) is 0 Å². The van der Waals surface area contributed by atoms with Crippen LogP contribution in [0.1, 0.15) is 5.56 Å². The molecular weight excluding hydrogens is 457 g/mol. The van der Waals surface area contributed by atoms with Crippen molar-refractivity contribution in [3.05, 3.63) is 42.0 Å². The van der Waals surface area contributed by atoms with E-state index in [-0.39, 0.29) is 11.9 Å². The van der Waals surface area contributed by atoms with Gasteiger partial charge in [-0.3, -0.25) is 0 Å². The zero-order chi connectivity index (χ0) is 19.1. The molecule has 9 heteroatoms. The number of hydrogen-bond acceptors (Lipinski definition) is 4. The monoisotopic (exact) mass is 477 g/mol. The van der Waals surface area contributed by atoms with Gasteiger partial charge in [0.15, 0.2) is 0 Å². The van der Waals surface area contributed by atoms with E-state index in [1.54, 1.807) is 6.33 Å². The summed E-state index contributed by atoms with van der Waals surface area (Å²) in [5, 5.41) is 0. The summed E-state index contributed by atoms with van der Waals surface area (Å²) in [6.45, 7) is 0.960. The van der Waals surface area contributed by atoms with Gasteiger partial charge in [0.2, 0.25) is 0 Å². The van der Waals surface area contributed by atoms with E-state index >= 15 is 0 Å². The van der Waals surface area contributed by atoms with Crippen LogP contribution < -0.4 is 13.3 Å². The van der Waals surface area contributed by atoms with E-state index in [1.807, 2.05) is 11.0 Å². The summed E-state index contributed by atoms with van der Waals surface area (Å²) in [6.07, 6.45) is -3.37. The minimum atomic E-state index is -4.61. The Hall–Kier alpha value is -1.58. The Morgan fingerprint density at radius 1 is 1.08 bits per heavy atom. The zero-order valence-electron chi connectivity index (χ0n) is 14.6. The van der Waals surface area contributed by atoms with Crippen LogP contribution in [0, 0.1) is 5.82 Å². The van der Waals surface area contributed by atoms with Gasteiger partial charge in [0.1, 0.15) is 0 Å². The summed E-state index contributed by atoms with van der Waals surface area (Å²) in [5.41, 5.74) is -1.05. The summed E-state index contributed by atoms with van der Waals surface area (Å²) in [5.74, 6) is -0.294. The molecule has 26 heavy (non-hydrogen) atoms. The molecule has 0 atom stereocenters. The van der Waals surface area contributed by atoms with Gasteiger partial charge in [-0.25, -0.2) is 0 Å². The number of hydrogen-bond donors (Lipinski definition) is 0. The topological polar surface area (TPSA) is 38.2 Å². The molecule has 2 aromatic rings. The Balaban J connectivity index is 1.66. The second-order valence-electron chi connectivity index (χ2n) is 7.33.